The first-order valence-electron chi connectivity index (χ1n) is 17.9. The lowest BCUT2D eigenvalue weighted by Gasteiger charge is -2.53. The average molecular weight is 791 g/mol. The Labute approximate surface area is 322 Å². The third kappa shape index (κ3) is 7.19. The molecule has 10 nitrogen and oxygen atoms in total. The van der Waals surface area contributed by atoms with Gasteiger partial charge >= 0.3 is 6.18 Å². The molecule has 3 aromatic heterocycles. The number of benzene rings is 2. The number of alkyl halides is 3. The fourth-order valence-corrected chi connectivity index (χ4v) is 8.67. The van der Waals surface area contributed by atoms with Crippen molar-refractivity contribution in [1.82, 2.24) is 9.97 Å². The number of aliphatic hydroxyl groups is 1. The van der Waals surface area contributed by atoms with Crippen molar-refractivity contribution >= 4 is 46.0 Å². The smallest absolute Gasteiger partial charge is 0.381 e. The summed E-state index contributed by atoms with van der Waals surface area (Å²) in [4.78, 5) is 39.8. The number of thiophene rings is 1. The molecule has 3 N–H and O–H groups in total. The topological polar surface area (TPSA) is 120 Å². The fraction of sp³-hybridized carbons (Fsp3) is 0.300. The molecule has 6 heterocycles. The second-order valence-electron chi connectivity index (χ2n) is 14.3. The molecule has 3 aliphatic rings. The number of amides is 2. The Morgan fingerprint density at radius 1 is 0.964 bits per heavy atom. The van der Waals surface area contributed by atoms with Gasteiger partial charge in [-0.25, -0.2) is 13.8 Å². The number of rotatable bonds is 7. The van der Waals surface area contributed by atoms with Crippen LogP contribution < -0.4 is 20.4 Å². The first kappa shape index (κ1) is 37.5. The van der Waals surface area contributed by atoms with E-state index in [2.05, 4.69) is 25.5 Å². The van der Waals surface area contributed by atoms with Crippen LogP contribution in [-0.2, 0) is 17.3 Å². The van der Waals surface area contributed by atoms with E-state index in [1.165, 1.54) is 12.1 Å². The van der Waals surface area contributed by atoms with Gasteiger partial charge in [-0.1, -0.05) is 18.2 Å². The summed E-state index contributed by atoms with van der Waals surface area (Å²) in [5.41, 5.74) is 1.17. The van der Waals surface area contributed by atoms with E-state index < -0.39 is 41.2 Å². The lowest BCUT2D eigenvalue weighted by molar-refractivity contribution is -0.137. The van der Waals surface area contributed by atoms with E-state index in [0.717, 1.165) is 74.4 Å². The number of pyridine rings is 2. The Morgan fingerprint density at radius 3 is 2.45 bits per heavy atom. The van der Waals surface area contributed by atoms with Crippen molar-refractivity contribution in [1.29, 1.82) is 0 Å². The molecule has 1 atom stereocenters. The summed E-state index contributed by atoms with van der Waals surface area (Å²) in [6.45, 7) is 5.11. The number of para-hydroxylation sites is 1. The van der Waals surface area contributed by atoms with Crippen molar-refractivity contribution in [2.24, 2.45) is 5.41 Å². The van der Waals surface area contributed by atoms with Crippen molar-refractivity contribution < 1.29 is 41.4 Å². The summed E-state index contributed by atoms with van der Waals surface area (Å²) in [7, 11) is 0. The number of nitrogens with zero attached hydrogens (tertiary/aromatic N) is 4. The van der Waals surface area contributed by atoms with Crippen LogP contribution in [0.4, 0.5) is 44.8 Å². The zero-order valence-corrected chi connectivity index (χ0v) is 30.7. The molecule has 0 bridgehead atoms. The van der Waals surface area contributed by atoms with E-state index in [9.17, 15) is 36.6 Å². The van der Waals surface area contributed by atoms with Gasteiger partial charge in [0.15, 0.2) is 6.23 Å². The molecule has 0 radical (unpaired) electrons. The molecule has 8 rings (SSSR count). The third-order valence-electron chi connectivity index (χ3n) is 10.5. The summed E-state index contributed by atoms with van der Waals surface area (Å²) >= 11 is 0.912. The maximum Gasteiger partial charge on any atom is 0.418 e. The Hall–Kier alpha value is -5.45. The first-order chi connectivity index (χ1) is 26.8. The number of carbonyl (C=O) groups excluding carboxylic acids is 2. The normalized spacial score (nSPS) is 16.7. The highest BCUT2D eigenvalue weighted by Gasteiger charge is 2.45. The van der Waals surface area contributed by atoms with Gasteiger partial charge in [0.05, 0.1) is 38.5 Å². The SMILES string of the molecule is Cc1cnc(N2CC3(CCOCC3)C2)c(C(=O)Nc2ccc(C(O)N3CCc4cc(C(=O)Nc5c(F)cccc5C(F)(F)F)sc4-c4ncc(F)cc43)cc2)c1. The molecule has 56 heavy (non-hydrogen) atoms. The standard InChI is InChI=1S/C40H35F5N6O4S/c1-22-15-27(35(47-18-22)50-20-39(21-50)10-13-55-14-11-39)36(52)48-26-7-5-23(6-8-26)38(54)51-12-9-24-16-31(56-34(24)33-30(51)17-25(41)19-46-33)37(53)49-32-28(40(43,44)45)3-2-4-29(32)42/h2-8,15-19,38,54H,9-14,20-21H2,1H3,(H,48,52)(H,49,53). The zero-order valence-electron chi connectivity index (χ0n) is 29.9. The van der Waals surface area contributed by atoms with Gasteiger partial charge in [-0.05, 0) is 73.7 Å². The van der Waals surface area contributed by atoms with Crippen LogP contribution in [0.1, 0.15) is 61.4 Å². The van der Waals surface area contributed by atoms with E-state index in [0.29, 0.717) is 39.1 Å². The van der Waals surface area contributed by atoms with Crippen LogP contribution >= 0.6 is 11.3 Å². The molecule has 16 heteroatoms. The molecular formula is C40H35F5N6O4S. The highest BCUT2D eigenvalue weighted by Crippen LogP contribution is 2.45. The van der Waals surface area contributed by atoms with Crippen molar-refractivity contribution in [3.05, 3.63) is 117 Å². The Morgan fingerprint density at radius 2 is 1.71 bits per heavy atom. The number of carbonyl (C=O) groups is 2. The summed E-state index contributed by atoms with van der Waals surface area (Å²) in [5, 5.41) is 16.7. The number of nitrogens with one attached hydrogen (secondary N) is 2. The van der Waals surface area contributed by atoms with Gasteiger partial charge in [-0.2, -0.15) is 13.2 Å². The highest BCUT2D eigenvalue weighted by atomic mass is 32.1. The summed E-state index contributed by atoms with van der Waals surface area (Å²) in [6.07, 6.45) is -1.24. The largest absolute Gasteiger partial charge is 0.418 e. The molecule has 290 valence electrons. The molecule has 2 fully saturated rings. The van der Waals surface area contributed by atoms with E-state index >= 15 is 0 Å². The molecule has 1 unspecified atom stereocenters. The van der Waals surface area contributed by atoms with Crippen molar-refractivity contribution in [2.75, 3.05) is 53.3 Å². The molecule has 1 spiro atoms. The number of hydrogen-bond acceptors (Lipinski definition) is 9. The molecule has 2 amide bonds. The number of aliphatic hydroxyl groups excluding tert-OH is 1. The van der Waals surface area contributed by atoms with Crippen LogP contribution in [-0.4, -0.2) is 59.7 Å². The molecule has 2 aromatic carbocycles. The average Bonchev–Trinajstić information content (AvgIpc) is 3.53. The monoisotopic (exact) mass is 790 g/mol. The number of ether oxygens (including phenoxy) is 1. The van der Waals surface area contributed by atoms with Crippen LogP contribution in [0.15, 0.2) is 73.1 Å². The predicted octanol–water partition coefficient (Wildman–Crippen LogP) is 7.99. The first-order valence-corrected chi connectivity index (χ1v) is 18.7. The third-order valence-corrected chi connectivity index (χ3v) is 11.7. The van der Waals surface area contributed by atoms with Gasteiger partial charge in [0.25, 0.3) is 11.8 Å². The maximum atomic E-state index is 14.7. The molecule has 5 aromatic rings. The van der Waals surface area contributed by atoms with Crippen LogP contribution in [0.2, 0.25) is 0 Å². The number of halogens is 5. The molecule has 0 saturated carbocycles. The highest BCUT2D eigenvalue weighted by molar-refractivity contribution is 7.17. The lowest BCUT2D eigenvalue weighted by Crippen LogP contribution is -2.59. The number of aromatic nitrogens is 2. The van der Waals surface area contributed by atoms with E-state index in [4.69, 9.17) is 4.74 Å². The van der Waals surface area contributed by atoms with Crippen LogP contribution in [0.25, 0.3) is 10.6 Å². The summed E-state index contributed by atoms with van der Waals surface area (Å²) < 4.78 is 75.5. The maximum absolute atomic E-state index is 14.7. The minimum atomic E-state index is -4.91. The van der Waals surface area contributed by atoms with Gasteiger partial charge in [0, 0.05) is 61.8 Å². The van der Waals surface area contributed by atoms with E-state index in [-0.39, 0.29) is 40.5 Å². The van der Waals surface area contributed by atoms with Crippen LogP contribution in [0, 0.1) is 24.0 Å². The molecule has 3 aliphatic heterocycles. The number of fused-ring (bicyclic) bond motifs is 3. The molecule has 0 aliphatic carbocycles. The van der Waals surface area contributed by atoms with E-state index in [1.807, 2.05) is 13.0 Å². The summed E-state index contributed by atoms with van der Waals surface area (Å²) in [6, 6.07) is 13.5. The number of aryl methyl sites for hydroxylation is 1. The predicted molar refractivity (Wildman–Crippen MR) is 201 cm³/mol. The van der Waals surface area contributed by atoms with Crippen molar-refractivity contribution in [2.45, 2.75) is 38.6 Å². The summed E-state index contributed by atoms with van der Waals surface area (Å²) in [5.74, 6) is -2.57. The van der Waals surface area contributed by atoms with Gasteiger partial charge in [0.1, 0.15) is 23.1 Å². The quantitative estimate of drug-likeness (QED) is 0.142. The van der Waals surface area contributed by atoms with Crippen LogP contribution in [0.5, 0.6) is 0 Å². The molecule has 2 saturated heterocycles. The second kappa shape index (κ2) is 14.6. The Kier molecular flexibility index (Phi) is 9.75. The second-order valence-corrected chi connectivity index (χ2v) is 15.4. The van der Waals surface area contributed by atoms with Gasteiger partial charge in [-0.15, -0.1) is 11.3 Å². The minimum Gasteiger partial charge on any atom is -0.381 e. The number of anilines is 4. The van der Waals surface area contributed by atoms with Crippen LogP contribution in [0.3, 0.4) is 0 Å². The number of hydrogen-bond donors (Lipinski definition) is 3. The van der Waals surface area contributed by atoms with Gasteiger partial charge < -0.3 is 30.3 Å². The Bertz CT molecular complexity index is 2320. The zero-order chi connectivity index (χ0) is 39.4. The lowest BCUT2D eigenvalue weighted by atomic mass is 9.73. The van der Waals surface area contributed by atoms with Gasteiger partial charge in [-0.3, -0.25) is 14.6 Å². The minimum absolute atomic E-state index is 0.00299. The van der Waals surface area contributed by atoms with E-state index in [1.54, 1.807) is 35.4 Å². The van der Waals surface area contributed by atoms with Gasteiger partial charge in [0.2, 0.25) is 0 Å². The molecular weight excluding hydrogens is 756 g/mol. The fourth-order valence-electron chi connectivity index (χ4n) is 7.56. The van der Waals surface area contributed by atoms with Crippen molar-refractivity contribution in [3.63, 3.8) is 0 Å². The van der Waals surface area contributed by atoms with Crippen molar-refractivity contribution in [3.8, 4) is 10.6 Å². The Balaban J connectivity index is 0.992.